The number of nitrogens with zero attached hydrogens (tertiary/aromatic N) is 1. The molecule has 1 heterocycles. The smallest absolute Gasteiger partial charge is 0.205 e. The predicted octanol–water partition coefficient (Wildman–Crippen LogP) is -0.0307. The van der Waals surface area contributed by atoms with E-state index in [1.807, 2.05) is 0 Å². The molecule has 1 saturated carbocycles. The van der Waals surface area contributed by atoms with Crippen molar-refractivity contribution < 1.29 is 0 Å². The zero-order chi connectivity index (χ0) is 8.44. The number of hydrogen-bond acceptors (Lipinski definition) is 4. The molecule has 2 aliphatic rings. The molecule has 0 aromatic heterocycles. The van der Waals surface area contributed by atoms with E-state index in [4.69, 9.17) is 5.84 Å². The summed E-state index contributed by atoms with van der Waals surface area (Å²) in [5, 5.41) is 3.22. The van der Waals surface area contributed by atoms with Gasteiger partial charge in [-0.05, 0) is 12.8 Å². The quantitative estimate of drug-likeness (QED) is 0.351. The largest absolute Gasteiger partial charge is 0.355 e. The highest BCUT2D eigenvalue weighted by atomic mass is 15.3. The molecular weight excluding hydrogens is 152 g/mol. The molecule has 0 atom stereocenters. The number of guanidine groups is 1. The minimum Gasteiger partial charge on any atom is -0.355 e. The third-order valence-electron chi connectivity index (χ3n) is 3.00. The van der Waals surface area contributed by atoms with Gasteiger partial charge in [0.2, 0.25) is 5.96 Å². The van der Waals surface area contributed by atoms with Gasteiger partial charge in [-0.1, -0.05) is 12.8 Å². The van der Waals surface area contributed by atoms with E-state index in [1.165, 1.54) is 25.7 Å². The lowest BCUT2D eigenvalue weighted by atomic mass is 9.85. The highest BCUT2D eigenvalue weighted by Crippen LogP contribution is 2.38. The Labute approximate surface area is 72.6 Å². The van der Waals surface area contributed by atoms with E-state index in [1.54, 1.807) is 0 Å². The van der Waals surface area contributed by atoms with Crippen molar-refractivity contribution in [1.82, 2.24) is 10.7 Å². The first-order chi connectivity index (χ1) is 5.85. The molecule has 0 unspecified atom stereocenters. The second-order valence-corrected chi connectivity index (χ2v) is 3.87. The molecule has 12 heavy (non-hydrogen) atoms. The summed E-state index contributed by atoms with van der Waals surface area (Å²) >= 11 is 0. The monoisotopic (exact) mass is 168 g/mol. The van der Waals surface area contributed by atoms with E-state index in [0.717, 1.165) is 19.0 Å². The molecule has 0 saturated heterocycles. The van der Waals surface area contributed by atoms with Crippen LogP contribution in [0.3, 0.4) is 0 Å². The molecule has 0 amide bonds. The van der Waals surface area contributed by atoms with Gasteiger partial charge in [-0.25, -0.2) is 5.84 Å². The Hall–Kier alpha value is -0.770. The van der Waals surface area contributed by atoms with Crippen LogP contribution in [0.5, 0.6) is 0 Å². The molecule has 4 N–H and O–H groups in total. The van der Waals surface area contributed by atoms with E-state index >= 15 is 0 Å². The summed E-state index contributed by atoms with van der Waals surface area (Å²) in [7, 11) is 0. The lowest BCUT2D eigenvalue weighted by Crippen LogP contribution is -2.50. The molecule has 1 fully saturated rings. The second kappa shape index (κ2) is 2.94. The Bertz CT molecular complexity index is 193. The van der Waals surface area contributed by atoms with Gasteiger partial charge in [0.15, 0.2) is 0 Å². The Morgan fingerprint density at radius 1 is 1.42 bits per heavy atom. The minimum atomic E-state index is 0.459. The van der Waals surface area contributed by atoms with Gasteiger partial charge in [-0.2, -0.15) is 0 Å². The van der Waals surface area contributed by atoms with Crippen molar-refractivity contribution in [1.29, 1.82) is 0 Å². The SMILES string of the molecule is NNC1=NCC2(CCCC2)CN1. The average Bonchev–Trinajstić information content (AvgIpc) is 2.55. The summed E-state index contributed by atoms with van der Waals surface area (Å²) in [5.41, 5.74) is 3.01. The number of aliphatic imine (C=N–C) groups is 1. The fraction of sp³-hybridized carbons (Fsp3) is 0.875. The molecular formula is C8H16N4. The summed E-state index contributed by atoms with van der Waals surface area (Å²) in [5.74, 6) is 5.99. The highest BCUT2D eigenvalue weighted by Gasteiger charge is 2.35. The van der Waals surface area contributed by atoms with E-state index in [2.05, 4.69) is 15.7 Å². The maximum absolute atomic E-state index is 5.25. The van der Waals surface area contributed by atoms with Crippen LogP contribution in [0.15, 0.2) is 4.99 Å². The Morgan fingerprint density at radius 3 is 2.67 bits per heavy atom. The van der Waals surface area contributed by atoms with Crippen molar-refractivity contribution in [3.63, 3.8) is 0 Å². The number of rotatable bonds is 0. The van der Waals surface area contributed by atoms with Crippen molar-refractivity contribution in [2.75, 3.05) is 13.1 Å². The number of nitrogens with two attached hydrogens (primary N) is 1. The molecule has 4 heteroatoms. The van der Waals surface area contributed by atoms with Crippen molar-refractivity contribution >= 4 is 5.96 Å². The van der Waals surface area contributed by atoms with Crippen molar-refractivity contribution in [2.45, 2.75) is 25.7 Å². The standard InChI is InChI=1S/C8H16N4/c9-12-7-10-5-8(6-11-7)3-1-2-4-8/h1-6,9H2,(H2,10,11,12). The number of hydrogen-bond donors (Lipinski definition) is 3. The van der Waals surface area contributed by atoms with Crippen LogP contribution in [0.1, 0.15) is 25.7 Å². The van der Waals surface area contributed by atoms with Crippen molar-refractivity contribution in [3.05, 3.63) is 0 Å². The third kappa shape index (κ3) is 1.27. The van der Waals surface area contributed by atoms with Crippen molar-refractivity contribution in [3.8, 4) is 0 Å². The molecule has 0 radical (unpaired) electrons. The summed E-state index contributed by atoms with van der Waals surface area (Å²) in [6.07, 6.45) is 5.37. The van der Waals surface area contributed by atoms with Crippen LogP contribution < -0.4 is 16.6 Å². The van der Waals surface area contributed by atoms with E-state index in [0.29, 0.717) is 5.41 Å². The molecule has 1 aliphatic carbocycles. The molecule has 1 spiro atoms. The van der Waals surface area contributed by atoms with Gasteiger partial charge >= 0.3 is 0 Å². The molecule has 0 aromatic carbocycles. The molecule has 0 bridgehead atoms. The van der Waals surface area contributed by atoms with Crippen LogP contribution in [0.4, 0.5) is 0 Å². The first-order valence-corrected chi connectivity index (χ1v) is 4.60. The van der Waals surface area contributed by atoms with Crippen LogP contribution in [-0.4, -0.2) is 19.0 Å². The summed E-state index contributed by atoms with van der Waals surface area (Å²) in [6, 6.07) is 0. The van der Waals surface area contributed by atoms with Gasteiger partial charge in [0.05, 0.1) is 6.54 Å². The molecule has 1 aliphatic heterocycles. The summed E-state index contributed by atoms with van der Waals surface area (Å²) in [6.45, 7) is 1.98. The summed E-state index contributed by atoms with van der Waals surface area (Å²) < 4.78 is 0. The van der Waals surface area contributed by atoms with Crippen molar-refractivity contribution in [2.24, 2.45) is 16.3 Å². The maximum Gasteiger partial charge on any atom is 0.205 e. The summed E-state index contributed by atoms with van der Waals surface area (Å²) in [4.78, 5) is 4.35. The van der Waals surface area contributed by atoms with Crippen LogP contribution in [0, 0.1) is 5.41 Å². The van der Waals surface area contributed by atoms with E-state index in [-0.39, 0.29) is 0 Å². The molecule has 2 rings (SSSR count). The highest BCUT2D eigenvalue weighted by molar-refractivity contribution is 5.79. The minimum absolute atomic E-state index is 0.459. The Morgan fingerprint density at radius 2 is 2.17 bits per heavy atom. The average molecular weight is 168 g/mol. The van der Waals surface area contributed by atoms with Gasteiger partial charge in [0, 0.05) is 12.0 Å². The Balaban J connectivity index is 2.01. The lowest BCUT2D eigenvalue weighted by Gasteiger charge is -2.32. The van der Waals surface area contributed by atoms with Crippen LogP contribution in [0.25, 0.3) is 0 Å². The van der Waals surface area contributed by atoms with Gasteiger partial charge in [0.25, 0.3) is 0 Å². The Kier molecular flexibility index (Phi) is 1.92. The van der Waals surface area contributed by atoms with Crippen LogP contribution in [0.2, 0.25) is 0 Å². The van der Waals surface area contributed by atoms with Crippen LogP contribution >= 0.6 is 0 Å². The first kappa shape index (κ1) is 7.86. The van der Waals surface area contributed by atoms with Gasteiger partial charge in [0.1, 0.15) is 0 Å². The fourth-order valence-corrected chi connectivity index (χ4v) is 2.19. The third-order valence-corrected chi connectivity index (χ3v) is 3.00. The topological polar surface area (TPSA) is 62.4 Å². The normalized spacial score (nSPS) is 26.6. The number of nitrogens with one attached hydrogen (secondary N) is 2. The number of hydrazine groups is 1. The molecule has 0 aromatic rings. The van der Waals surface area contributed by atoms with Crippen LogP contribution in [-0.2, 0) is 0 Å². The first-order valence-electron chi connectivity index (χ1n) is 4.60. The van der Waals surface area contributed by atoms with E-state index in [9.17, 15) is 0 Å². The zero-order valence-electron chi connectivity index (χ0n) is 7.27. The predicted molar refractivity (Wildman–Crippen MR) is 48.5 cm³/mol. The zero-order valence-corrected chi connectivity index (χ0v) is 7.27. The molecule has 68 valence electrons. The van der Waals surface area contributed by atoms with Gasteiger partial charge < -0.3 is 5.32 Å². The van der Waals surface area contributed by atoms with E-state index < -0.39 is 0 Å². The van der Waals surface area contributed by atoms with Gasteiger partial charge in [-0.15, -0.1) is 0 Å². The second-order valence-electron chi connectivity index (χ2n) is 3.87. The lowest BCUT2D eigenvalue weighted by molar-refractivity contribution is 0.295. The van der Waals surface area contributed by atoms with Gasteiger partial charge in [-0.3, -0.25) is 10.4 Å². The fourth-order valence-electron chi connectivity index (χ4n) is 2.19. The molecule has 4 nitrogen and oxygen atoms in total. The maximum atomic E-state index is 5.25.